The van der Waals surface area contributed by atoms with E-state index in [0.717, 1.165) is 0 Å². The van der Waals surface area contributed by atoms with Gasteiger partial charge in [-0.05, 0) is 75.2 Å². The third-order valence-corrected chi connectivity index (χ3v) is 5.76. The Morgan fingerprint density at radius 1 is 0.769 bits per heavy atom. The van der Waals surface area contributed by atoms with Gasteiger partial charge in [-0.25, -0.2) is 0 Å². The van der Waals surface area contributed by atoms with E-state index in [1.807, 2.05) is 20.8 Å². The molecule has 0 aliphatic carbocycles. The van der Waals surface area contributed by atoms with Crippen LogP contribution in [0.1, 0.15) is 75.2 Å². The van der Waals surface area contributed by atoms with Gasteiger partial charge in [0.25, 0.3) is 11.8 Å². The van der Waals surface area contributed by atoms with E-state index in [-0.39, 0.29) is 18.8 Å². The molecule has 0 heterocycles. The molecule has 2 atom stereocenters. The SMILES string of the molecule is CCOC(C)(C)CCNC(=O)C#CC(=O)NCCC(C)(C)OCC(C)(C)C(=O)NC(C)C(=O)NC(C)C(=O)O. The maximum atomic E-state index is 12.7. The monoisotopic (exact) mass is 554 g/mol. The third kappa shape index (κ3) is 15.7. The average molecular weight is 555 g/mol. The smallest absolute Gasteiger partial charge is 0.325 e. The van der Waals surface area contributed by atoms with Crippen LogP contribution >= 0.6 is 0 Å². The summed E-state index contributed by atoms with van der Waals surface area (Å²) in [5.41, 5.74) is -2.06. The maximum Gasteiger partial charge on any atom is 0.325 e. The molecule has 0 aromatic rings. The van der Waals surface area contributed by atoms with Gasteiger partial charge in [-0.15, -0.1) is 0 Å². The van der Waals surface area contributed by atoms with Crippen molar-refractivity contribution in [1.82, 2.24) is 21.3 Å². The van der Waals surface area contributed by atoms with Crippen molar-refractivity contribution in [3.8, 4) is 11.8 Å². The number of nitrogens with one attached hydrogen (secondary N) is 4. The summed E-state index contributed by atoms with van der Waals surface area (Å²) in [5, 5.41) is 19.0. The molecule has 12 nitrogen and oxygen atoms in total. The van der Waals surface area contributed by atoms with Gasteiger partial charge in [0, 0.05) is 31.5 Å². The number of hydrogen-bond acceptors (Lipinski definition) is 7. The Hall–Kier alpha value is -3.17. The highest BCUT2D eigenvalue weighted by atomic mass is 16.5. The molecule has 0 aliphatic rings. The minimum Gasteiger partial charge on any atom is -0.480 e. The number of rotatable bonds is 16. The Morgan fingerprint density at radius 3 is 1.67 bits per heavy atom. The summed E-state index contributed by atoms with van der Waals surface area (Å²) < 4.78 is 11.5. The minimum atomic E-state index is -1.18. The molecule has 12 heteroatoms. The van der Waals surface area contributed by atoms with Crippen molar-refractivity contribution >= 4 is 29.6 Å². The van der Waals surface area contributed by atoms with E-state index in [1.54, 1.807) is 27.7 Å². The summed E-state index contributed by atoms with van der Waals surface area (Å²) >= 11 is 0. The maximum absolute atomic E-state index is 12.7. The lowest BCUT2D eigenvalue weighted by Crippen LogP contribution is -2.52. The first-order chi connectivity index (χ1) is 17.8. The first kappa shape index (κ1) is 35.8. The van der Waals surface area contributed by atoms with Crippen LogP contribution < -0.4 is 21.3 Å². The molecule has 0 saturated carbocycles. The molecule has 0 fully saturated rings. The lowest BCUT2D eigenvalue weighted by atomic mass is 9.92. The Balaban J connectivity index is 4.55. The lowest BCUT2D eigenvalue weighted by molar-refractivity contribution is -0.142. The molecule has 39 heavy (non-hydrogen) atoms. The van der Waals surface area contributed by atoms with Crippen molar-refractivity contribution in [3.63, 3.8) is 0 Å². The molecule has 0 aromatic carbocycles. The van der Waals surface area contributed by atoms with Crippen LogP contribution in [0.5, 0.6) is 0 Å². The summed E-state index contributed by atoms with van der Waals surface area (Å²) in [7, 11) is 0. The van der Waals surface area contributed by atoms with E-state index in [1.165, 1.54) is 13.8 Å². The molecule has 0 rings (SSSR count). The van der Waals surface area contributed by atoms with Crippen molar-refractivity contribution in [2.24, 2.45) is 5.41 Å². The first-order valence-corrected chi connectivity index (χ1v) is 13.0. The Kier molecular flexibility index (Phi) is 14.7. The van der Waals surface area contributed by atoms with Gasteiger partial charge in [0.1, 0.15) is 12.1 Å². The molecule has 5 N–H and O–H groups in total. The van der Waals surface area contributed by atoms with Crippen molar-refractivity contribution < 1.29 is 38.6 Å². The summed E-state index contributed by atoms with van der Waals surface area (Å²) in [5.74, 6) is 1.13. The number of carbonyl (C=O) groups excluding carboxylic acids is 4. The quantitative estimate of drug-likeness (QED) is 0.174. The number of hydrogen-bond donors (Lipinski definition) is 5. The number of carbonyl (C=O) groups is 5. The predicted octanol–water partition coefficient (Wildman–Crippen LogP) is 0.733. The molecule has 0 aliphatic heterocycles. The Labute approximate surface area is 231 Å². The second-order valence-electron chi connectivity index (χ2n) is 11.2. The number of carboxylic acids is 1. The fourth-order valence-corrected chi connectivity index (χ4v) is 2.99. The van der Waals surface area contributed by atoms with Gasteiger partial charge in [0.15, 0.2) is 0 Å². The van der Waals surface area contributed by atoms with Crippen molar-refractivity contribution in [1.29, 1.82) is 0 Å². The number of ether oxygens (including phenoxy) is 2. The zero-order chi connectivity index (χ0) is 30.4. The minimum absolute atomic E-state index is 0.0275. The molecule has 0 bridgehead atoms. The van der Waals surface area contributed by atoms with Crippen LogP contribution in [0.4, 0.5) is 0 Å². The van der Waals surface area contributed by atoms with Gasteiger partial charge in [-0.1, -0.05) is 0 Å². The van der Waals surface area contributed by atoms with Crippen molar-refractivity contribution in [3.05, 3.63) is 0 Å². The largest absolute Gasteiger partial charge is 0.480 e. The summed E-state index contributed by atoms with van der Waals surface area (Å²) in [6.07, 6.45) is 1.01. The van der Waals surface area contributed by atoms with Gasteiger partial charge in [-0.2, -0.15) is 0 Å². The second-order valence-corrected chi connectivity index (χ2v) is 11.2. The zero-order valence-corrected chi connectivity index (χ0v) is 24.7. The van der Waals surface area contributed by atoms with E-state index in [2.05, 4.69) is 33.1 Å². The van der Waals surface area contributed by atoms with Crippen LogP contribution in [0.25, 0.3) is 0 Å². The topological polar surface area (TPSA) is 172 Å². The van der Waals surface area contributed by atoms with E-state index >= 15 is 0 Å². The molecule has 0 aromatic heterocycles. The summed E-state index contributed by atoms with van der Waals surface area (Å²) in [6, 6.07) is -2.02. The van der Waals surface area contributed by atoms with E-state index in [0.29, 0.717) is 26.0 Å². The van der Waals surface area contributed by atoms with Crippen LogP contribution in [-0.2, 0) is 33.4 Å². The fraction of sp³-hybridized carbons (Fsp3) is 0.741. The summed E-state index contributed by atoms with van der Waals surface area (Å²) in [4.78, 5) is 59.5. The van der Waals surface area contributed by atoms with Crippen molar-refractivity contribution in [2.75, 3.05) is 26.3 Å². The van der Waals surface area contributed by atoms with Gasteiger partial charge in [-0.3, -0.25) is 24.0 Å². The predicted molar refractivity (Wildman–Crippen MR) is 145 cm³/mol. The van der Waals surface area contributed by atoms with Crippen LogP contribution in [0.2, 0.25) is 0 Å². The molecule has 0 saturated heterocycles. The highest BCUT2D eigenvalue weighted by molar-refractivity contribution is 6.02. The van der Waals surface area contributed by atoms with Gasteiger partial charge in [0.05, 0.1) is 23.2 Å². The fourth-order valence-electron chi connectivity index (χ4n) is 2.99. The van der Waals surface area contributed by atoms with Crippen LogP contribution in [0.15, 0.2) is 0 Å². The average Bonchev–Trinajstić information content (AvgIpc) is 2.81. The zero-order valence-electron chi connectivity index (χ0n) is 24.7. The third-order valence-electron chi connectivity index (χ3n) is 5.76. The number of amides is 4. The van der Waals surface area contributed by atoms with E-state index in [9.17, 15) is 24.0 Å². The molecular weight excluding hydrogens is 508 g/mol. The molecule has 4 amide bonds. The van der Waals surface area contributed by atoms with E-state index < -0.39 is 52.7 Å². The first-order valence-electron chi connectivity index (χ1n) is 13.0. The van der Waals surface area contributed by atoms with Gasteiger partial charge >= 0.3 is 5.97 Å². The summed E-state index contributed by atoms with van der Waals surface area (Å²) in [6.45, 7) is 16.7. The molecule has 0 spiro atoms. The Bertz CT molecular complexity index is 934. The molecule has 222 valence electrons. The number of carboxylic acid groups (broad SMARTS) is 1. The second kappa shape index (κ2) is 16.1. The normalized spacial score (nSPS) is 13.3. The van der Waals surface area contributed by atoms with Crippen LogP contribution in [-0.4, -0.2) is 84.3 Å². The van der Waals surface area contributed by atoms with E-state index in [4.69, 9.17) is 14.6 Å². The molecule has 2 unspecified atom stereocenters. The highest BCUT2D eigenvalue weighted by Gasteiger charge is 2.33. The van der Waals surface area contributed by atoms with Gasteiger partial charge in [0.2, 0.25) is 11.8 Å². The molecular formula is C27H46N4O8. The highest BCUT2D eigenvalue weighted by Crippen LogP contribution is 2.22. The van der Waals surface area contributed by atoms with Crippen LogP contribution in [0.3, 0.4) is 0 Å². The van der Waals surface area contributed by atoms with Crippen molar-refractivity contribution in [2.45, 2.75) is 98.4 Å². The van der Waals surface area contributed by atoms with Gasteiger partial charge < -0.3 is 35.8 Å². The Morgan fingerprint density at radius 2 is 1.23 bits per heavy atom. The molecule has 0 radical (unpaired) electrons. The lowest BCUT2D eigenvalue weighted by Gasteiger charge is -2.32. The standard InChI is InChI=1S/C27H46N4O8/c1-10-38-26(6,7)13-15-28-20(32)11-12-21(33)29-16-14-27(8,9)39-17-25(4,5)24(37)31-18(2)22(34)30-19(3)23(35)36/h18-19H,10,13-17H2,1-9H3,(H,28,32)(H,29,33)(H,30,34)(H,31,37)(H,35,36). The number of aliphatic carboxylic acids is 1. The van der Waals surface area contributed by atoms with Crippen LogP contribution in [0, 0.1) is 17.3 Å².